The fourth-order valence-corrected chi connectivity index (χ4v) is 4.37. The Morgan fingerprint density at radius 3 is 2.59 bits per heavy atom. The molecule has 0 saturated heterocycles. The van der Waals surface area contributed by atoms with E-state index in [1.165, 1.54) is 0 Å². The van der Waals surface area contributed by atoms with E-state index in [0.29, 0.717) is 30.2 Å². The van der Waals surface area contributed by atoms with Gasteiger partial charge in [0.05, 0.1) is 4.90 Å². The Labute approximate surface area is 163 Å². The summed E-state index contributed by atoms with van der Waals surface area (Å²) in [7, 11) is -3.69. The van der Waals surface area contributed by atoms with E-state index in [1.807, 2.05) is 6.07 Å². The number of hydrogen-bond acceptors (Lipinski definition) is 4. The first-order valence-corrected chi connectivity index (χ1v) is 10.5. The molecule has 1 heterocycles. The van der Waals surface area contributed by atoms with Crippen LogP contribution in [0.2, 0.25) is 5.02 Å². The summed E-state index contributed by atoms with van der Waals surface area (Å²) in [6.45, 7) is 2.16. The van der Waals surface area contributed by atoms with Gasteiger partial charge in [-0.2, -0.15) is 0 Å². The number of anilines is 1. The van der Waals surface area contributed by atoms with Crippen LogP contribution in [0, 0.1) is 0 Å². The summed E-state index contributed by atoms with van der Waals surface area (Å²) in [6, 6.07) is 11.7. The first kappa shape index (κ1) is 19.7. The van der Waals surface area contributed by atoms with E-state index < -0.39 is 16.0 Å². The van der Waals surface area contributed by atoms with Crippen LogP contribution in [0.3, 0.4) is 0 Å². The minimum atomic E-state index is -3.69. The molecular formula is C19H21ClN2O4S. The molecular weight excluding hydrogens is 388 g/mol. The second-order valence-electron chi connectivity index (χ2n) is 6.57. The molecule has 0 fully saturated rings. The van der Waals surface area contributed by atoms with Crippen LogP contribution in [0.1, 0.15) is 24.0 Å². The molecule has 3 rings (SSSR count). The molecule has 0 aliphatic carbocycles. The predicted octanol–water partition coefficient (Wildman–Crippen LogP) is 3.36. The lowest BCUT2D eigenvalue weighted by molar-refractivity contribution is -0.137. The van der Waals surface area contributed by atoms with Crippen molar-refractivity contribution in [2.75, 3.05) is 17.8 Å². The predicted molar refractivity (Wildman–Crippen MR) is 105 cm³/mol. The zero-order valence-corrected chi connectivity index (χ0v) is 16.3. The van der Waals surface area contributed by atoms with Gasteiger partial charge >= 0.3 is 5.97 Å². The van der Waals surface area contributed by atoms with Crippen molar-refractivity contribution in [1.82, 2.24) is 4.90 Å². The lowest BCUT2D eigenvalue weighted by Gasteiger charge is -2.29. The zero-order valence-electron chi connectivity index (χ0n) is 14.7. The van der Waals surface area contributed by atoms with Gasteiger partial charge < -0.3 is 5.11 Å². The van der Waals surface area contributed by atoms with Crippen LogP contribution in [-0.4, -0.2) is 37.5 Å². The zero-order chi connectivity index (χ0) is 19.4. The average Bonchev–Trinajstić information content (AvgIpc) is 2.62. The normalized spacial score (nSPS) is 14.6. The third-order valence-corrected chi connectivity index (χ3v) is 6.17. The molecule has 1 aliphatic rings. The molecule has 6 nitrogen and oxygen atoms in total. The molecule has 0 spiro atoms. The summed E-state index contributed by atoms with van der Waals surface area (Å²) >= 11 is 5.83. The van der Waals surface area contributed by atoms with Crippen molar-refractivity contribution in [3.05, 3.63) is 58.6 Å². The van der Waals surface area contributed by atoms with Gasteiger partial charge in [-0.3, -0.25) is 14.4 Å². The molecule has 27 heavy (non-hydrogen) atoms. The largest absolute Gasteiger partial charge is 0.481 e. The van der Waals surface area contributed by atoms with E-state index in [1.54, 1.807) is 36.4 Å². The van der Waals surface area contributed by atoms with Crippen molar-refractivity contribution in [1.29, 1.82) is 0 Å². The maximum absolute atomic E-state index is 12.7. The van der Waals surface area contributed by atoms with Crippen molar-refractivity contribution in [3.8, 4) is 0 Å². The summed E-state index contributed by atoms with van der Waals surface area (Å²) in [5, 5.41) is 9.30. The number of sulfonamides is 1. The SMILES string of the molecule is O=C(O)CCCN1CCc2ccc(S(=O)(=O)Nc3ccc(Cl)cc3)cc2C1. The highest BCUT2D eigenvalue weighted by atomic mass is 35.5. The molecule has 144 valence electrons. The molecule has 8 heteroatoms. The smallest absolute Gasteiger partial charge is 0.303 e. The van der Waals surface area contributed by atoms with Gasteiger partial charge in [0.1, 0.15) is 0 Å². The van der Waals surface area contributed by atoms with Crippen molar-refractivity contribution in [2.45, 2.75) is 30.7 Å². The number of carboxylic acids is 1. The standard InChI is InChI=1S/C19H21ClN2O4S/c20-16-4-6-17(7-5-16)21-27(25,26)18-8-3-14-9-11-22(13-15(14)12-18)10-1-2-19(23)24/h3-8,12,21H,1-2,9-11,13H2,(H,23,24). The van der Waals surface area contributed by atoms with Crippen LogP contribution < -0.4 is 4.72 Å². The molecule has 0 bridgehead atoms. The van der Waals surface area contributed by atoms with Gasteiger partial charge in [0.15, 0.2) is 0 Å². The third kappa shape index (κ3) is 5.22. The number of rotatable bonds is 7. The Hall–Kier alpha value is -2.09. The van der Waals surface area contributed by atoms with E-state index >= 15 is 0 Å². The Balaban J connectivity index is 1.73. The molecule has 2 aromatic rings. The minimum absolute atomic E-state index is 0.142. The number of aliphatic carboxylic acids is 1. The van der Waals surface area contributed by atoms with Gasteiger partial charge in [0, 0.05) is 30.2 Å². The summed E-state index contributed by atoms with van der Waals surface area (Å²) in [5.74, 6) is -0.797. The first-order chi connectivity index (χ1) is 12.8. The highest BCUT2D eigenvalue weighted by Gasteiger charge is 2.20. The third-order valence-electron chi connectivity index (χ3n) is 4.54. The molecule has 0 saturated carbocycles. The lowest BCUT2D eigenvalue weighted by Crippen LogP contribution is -2.31. The number of nitrogens with zero attached hydrogens (tertiary/aromatic N) is 1. The lowest BCUT2D eigenvalue weighted by atomic mass is 10.00. The van der Waals surface area contributed by atoms with E-state index in [-0.39, 0.29) is 11.3 Å². The number of carboxylic acid groups (broad SMARTS) is 1. The first-order valence-electron chi connectivity index (χ1n) is 8.68. The molecule has 1 aliphatic heterocycles. The average molecular weight is 409 g/mol. The number of halogens is 1. The van der Waals surface area contributed by atoms with Crippen LogP contribution in [0.25, 0.3) is 0 Å². The Kier molecular flexibility index (Phi) is 6.04. The van der Waals surface area contributed by atoms with E-state index in [2.05, 4.69) is 9.62 Å². The molecule has 0 atom stereocenters. The number of nitrogens with one attached hydrogen (secondary N) is 1. The van der Waals surface area contributed by atoms with Crippen LogP contribution in [0.15, 0.2) is 47.4 Å². The quantitative estimate of drug-likeness (QED) is 0.733. The summed E-state index contributed by atoms with van der Waals surface area (Å²) in [5.41, 5.74) is 2.55. The van der Waals surface area contributed by atoms with Crippen molar-refractivity contribution >= 4 is 33.3 Å². The summed E-state index contributed by atoms with van der Waals surface area (Å²) < 4.78 is 27.9. The van der Waals surface area contributed by atoms with Gasteiger partial charge in [-0.1, -0.05) is 17.7 Å². The van der Waals surface area contributed by atoms with E-state index in [0.717, 1.165) is 24.1 Å². The van der Waals surface area contributed by atoms with Crippen molar-refractivity contribution in [3.63, 3.8) is 0 Å². The second kappa shape index (κ2) is 8.29. The highest BCUT2D eigenvalue weighted by Crippen LogP contribution is 2.24. The summed E-state index contributed by atoms with van der Waals surface area (Å²) in [6.07, 6.45) is 1.55. The highest BCUT2D eigenvalue weighted by molar-refractivity contribution is 7.92. The molecule has 2 aromatic carbocycles. The second-order valence-corrected chi connectivity index (χ2v) is 8.69. The summed E-state index contributed by atoms with van der Waals surface area (Å²) in [4.78, 5) is 13.0. The monoisotopic (exact) mass is 408 g/mol. The molecule has 0 aromatic heterocycles. The van der Waals surface area contributed by atoms with Gasteiger partial charge in [-0.05, 0) is 66.9 Å². The number of benzene rings is 2. The molecule has 2 N–H and O–H groups in total. The number of carbonyl (C=O) groups is 1. The Morgan fingerprint density at radius 2 is 1.89 bits per heavy atom. The minimum Gasteiger partial charge on any atom is -0.481 e. The van der Waals surface area contributed by atoms with Crippen molar-refractivity contribution in [2.24, 2.45) is 0 Å². The van der Waals surface area contributed by atoms with Gasteiger partial charge in [-0.25, -0.2) is 8.42 Å². The number of hydrogen-bond donors (Lipinski definition) is 2. The van der Waals surface area contributed by atoms with Crippen LogP contribution in [0.5, 0.6) is 0 Å². The maximum atomic E-state index is 12.7. The van der Waals surface area contributed by atoms with E-state index in [9.17, 15) is 13.2 Å². The van der Waals surface area contributed by atoms with Gasteiger partial charge in [0.2, 0.25) is 0 Å². The molecule has 0 radical (unpaired) electrons. The topological polar surface area (TPSA) is 86.7 Å². The van der Waals surface area contributed by atoms with Crippen molar-refractivity contribution < 1.29 is 18.3 Å². The number of fused-ring (bicyclic) bond motifs is 1. The van der Waals surface area contributed by atoms with E-state index in [4.69, 9.17) is 16.7 Å². The Bertz CT molecular complexity index is 929. The fraction of sp³-hybridized carbons (Fsp3) is 0.316. The molecule has 0 amide bonds. The van der Waals surface area contributed by atoms with Crippen LogP contribution in [0.4, 0.5) is 5.69 Å². The molecule has 0 unspecified atom stereocenters. The fourth-order valence-electron chi connectivity index (χ4n) is 3.14. The van der Waals surface area contributed by atoms with Gasteiger partial charge in [-0.15, -0.1) is 0 Å². The maximum Gasteiger partial charge on any atom is 0.303 e. The Morgan fingerprint density at radius 1 is 1.15 bits per heavy atom. The van der Waals surface area contributed by atoms with Gasteiger partial charge in [0.25, 0.3) is 10.0 Å². The van der Waals surface area contributed by atoms with Crippen LogP contribution in [-0.2, 0) is 27.8 Å². The van der Waals surface area contributed by atoms with Crippen LogP contribution >= 0.6 is 11.6 Å².